The standard InChI is InChI=1S/C14H8O2.C9H14N2O2/c15-13-9-5-1-2-6-10(9)14(16)12-8-4-3-7-11(12)13;1-3-5-7(6(10)4-2)9(13)11-8(5)12/h1-8H;6H,3-4,10H2,1-2H3,(H,11,12,13). The highest BCUT2D eigenvalue weighted by atomic mass is 16.2. The fraction of sp³-hybridized carbons (Fsp3) is 0.217. The van der Waals surface area contributed by atoms with Crippen molar-refractivity contribution < 1.29 is 19.2 Å². The van der Waals surface area contributed by atoms with Crippen LogP contribution in [0.1, 0.15) is 58.5 Å². The zero-order chi connectivity index (χ0) is 21.1. The summed E-state index contributed by atoms with van der Waals surface area (Å²) < 4.78 is 0. The molecule has 0 fully saturated rings. The summed E-state index contributed by atoms with van der Waals surface area (Å²) in [5, 5.41) is 2.25. The minimum Gasteiger partial charge on any atom is -0.324 e. The number of ketones is 2. The first-order valence-electron chi connectivity index (χ1n) is 9.52. The summed E-state index contributed by atoms with van der Waals surface area (Å²) in [6.45, 7) is 3.73. The van der Waals surface area contributed by atoms with Gasteiger partial charge in [-0.25, -0.2) is 0 Å². The zero-order valence-corrected chi connectivity index (χ0v) is 16.3. The van der Waals surface area contributed by atoms with E-state index in [1.807, 2.05) is 13.8 Å². The van der Waals surface area contributed by atoms with Gasteiger partial charge in [-0.3, -0.25) is 24.5 Å². The van der Waals surface area contributed by atoms with Crippen molar-refractivity contribution in [1.29, 1.82) is 0 Å². The van der Waals surface area contributed by atoms with E-state index < -0.39 is 0 Å². The average Bonchev–Trinajstić information content (AvgIpc) is 3.04. The molecule has 2 aliphatic rings. The molecule has 1 aliphatic carbocycles. The summed E-state index contributed by atoms with van der Waals surface area (Å²) in [7, 11) is 0. The summed E-state index contributed by atoms with van der Waals surface area (Å²) in [6, 6.07) is 13.6. The number of nitrogens with two attached hydrogens (primary N) is 1. The van der Waals surface area contributed by atoms with Crippen LogP contribution in [0.15, 0.2) is 59.7 Å². The lowest BCUT2D eigenvalue weighted by Crippen LogP contribution is -2.30. The van der Waals surface area contributed by atoms with Crippen LogP contribution in [0, 0.1) is 0 Å². The van der Waals surface area contributed by atoms with Gasteiger partial charge < -0.3 is 5.73 Å². The molecule has 1 unspecified atom stereocenters. The Morgan fingerprint density at radius 3 is 1.52 bits per heavy atom. The number of amides is 2. The first-order chi connectivity index (χ1) is 13.9. The number of imide groups is 1. The molecule has 1 aliphatic heterocycles. The second-order valence-corrected chi connectivity index (χ2v) is 6.79. The lowest BCUT2D eigenvalue weighted by Gasteiger charge is -2.16. The molecule has 6 heteroatoms. The second kappa shape index (κ2) is 8.32. The Kier molecular flexibility index (Phi) is 5.84. The van der Waals surface area contributed by atoms with Gasteiger partial charge >= 0.3 is 0 Å². The molecule has 148 valence electrons. The molecule has 2 aromatic rings. The van der Waals surface area contributed by atoms with Crippen molar-refractivity contribution in [3.05, 3.63) is 81.9 Å². The maximum Gasteiger partial charge on any atom is 0.256 e. The largest absolute Gasteiger partial charge is 0.324 e. The van der Waals surface area contributed by atoms with E-state index in [4.69, 9.17) is 5.73 Å². The molecule has 1 atom stereocenters. The van der Waals surface area contributed by atoms with Gasteiger partial charge in [-0.15, -0.1) is 0 Å². The Labute approximate surface area is 168 Å². The number of hydrogen-bond acceptors (Lipinski definition) is 5. The lowest BCUT2D eigenvalue weighted by atomic mass is 9.84. The molecule has 2 amide bonds. The summed E-state index contributed by atoms with van der Waals surface area (Å²) >= 11 is 0. The maximum atomic E-state index is 12.1. The summed E-state index contributed by atoms with van der Waals surface area (Å²) in [6.07, 6.45) is 1.22. The molecule has 0 radical (unpaired) electrons. The summed E-state index contributed by atoms with van der Waals surface area (Å²) in [5.41, 5.74) is 8.76. The summed E-state index contributed by atoms with van der Waals surface area (Å²) in [5.74, 6) is -0.737. The van der Waals surface area contributed by atoms with Crippen molar-refractivity contribution in [1.82, 2.24) is 5.32 Å². The number of nitrogens with one attached hydrogen (secondary N) is 1. The highest BCUT2D eigenvalue weighted by Gasteiger charge is 2.31. The van der Waals surface area contributed by atoms with Crippen molar-refractivity contribution in [2.75, 3.05) is 0 Å². The minimum absolute atomic E-state index is 0.0641. The molecule has 0 aromatic heterocycles. The normalized spacial score (nSPS) is 16.0. The molecule has 4 rings (SSSR count). The van der Waals surface area contributed by atoms with Gasteiger partial charge in [-0.1, -0.05) is 62.4 Å². The molecule has 29 heavy (non-hydrogen) atoms. The zero-order valence-electron chi connectivity index (χ0n) is 16.3. The highest BCUT2D eigenvalue weighted by molar-refractivity contribution is 6.28. The highest BCUT2D eigenvalue weighted by Crippen LogP contribution is 2.26. The van der Waals surface area contributed by atoms with Crippen LogP contribution in [0.5, 0.6) is 0 Å². The molecule has 6 nitrogen and oxygen atoms in total. The van der Waals surface area contributed by atoms with Gasteiger partial charge in [-0.05, 0) is 12.8 Å². The van der Waals surface area contributed by atoms with Crippen LogP contribution in [0.3, 0.4) is 0 Å². The van der Waals surface area contributed by atoms with Crippen LogP contribution >= 0.6 is 0 Å². The van der Waals surface area contributed by atoms with E-state index in [9.17, 15) is 19.2 Å². The quantitative estimate of drug-likeness (QED) is 0.669. The van der Waals surface area contributed by atoms with Crippen molar-refractivity contribution in [2.45, 2.75) is 32.7 Å². The van der Waals surface area contributed by atoms with Gasteiger partial charge in [-0.2, -0.15) is 0 Å². The van der Waals surface area contributed by atoms with E-state index in [1.54, 1.807) is 48.5 Å². The summed E-state index contributed by atoms with van der Waals surface area (Å²) in [4.78, 5) is 46.7. The molecule has 1 heterocycles. The van der Waals surface area contributed by atoms with Crippen molar-refractivity contribution in [3.63, 3.8) is 0 Å². The average molecular weight is 390 g/mol. The molecular formula is C23H22N2O4. The van der Waals surface area contributed by atoms with Crippen LogP contribution < -0.4 is 11.1 Å². The SMILES string of the molecule is CCC1=C(C(N)CC)C(=O)NC1=O.O=C1c2ccccc2C(=O)c2ccccc21. The van der Waals surface area contributed by atoms with Gasteiger partial charge in [0.2, 0.25) is 0 Å². The molecule has 2 aromatic carbocycles. The monoisotopic (exact) mass is 390 g/mol. The number of rotatable bonds is 3. The third-order valence-corrected chi connectivity index (χ3v) is 5.07. The number of carbonyl (C=O) groups excluding carboxylic acids is 4. The fourth-order valence-electron chi connectivity index (χ4n) is 3.50. The van der Waals surface area contributed by atoms with Gasteiger partial charge in [0.25, 0.3) is 11.8 Å². The molecule has 0 bridgehead atoms. The number of fused-ring (bicyclic) bond motifs is 2. The van der Waals surface area contributed by atoms with Crippen molar-refractivity contribution >= 4 is 23.4 Å². The second-order valence-electron chi connectivity index (χ2n) is 6.79. The van der Waals surface area contributed by atoms with E-state index in [1.165, 1.54) is 0 Å². The lowest BCUT2D eigenvalue weighted by molar-refractivity contribution is -0.124. The van der Waals surface area contributed by atoms with Crippen LogP contribution in [-0.2, 0) is 9.59 Å². The third kappa shape index (κ3) is 3.67. The van der Waals surface area contributed by atoms with Crippen LogP contribution in [-0.4, -0.2) is 29.4 Å². The van der Waals surface area contributed by atoms with Crippen molar-refractivity contribution in [2.24, 2.45) is 5.73 Å². The van der Waals surface area contributed by atoms with Crippen molar-refractivity contribution in [3.8, 4) is 0 Å². The Hall–Kier alpha value is -3.38. The predicted octanol–water partition coefficient (Wildman–Crippen LogP) is 2.55. The molecule has 0 spiro atoms. The van der Waals surface area contributed by atoms with Gasteiger partial charge in [0.05, 0.1) is 0 Å². The Morgan fingerprint density at radius 1 is 0.759 bits per heavy atom. The maximum absolute atomic E-state index is 12.1. The number of carbonyl (C=O) groups is 4. The van der Waals surface area contributed by atoms with E-state index in [2.05, 4.69) is 5.32 Å². The van der Waals surface area contributed by atoms with Gasteiger partial charge in [0.15, 0.2) is 11.6 Å². The van der Waals surface area contributed by atoms with E-state index in [-0.39, 0.29) is 29.4 Å². The molecule has 0 saturated heterocycles. The smallest absolute Gasteiger partial charge is 0.256 e. The Bertz CT molecular complexity index is 947. The third-order valence-electron chi connectivity index (χ3n) is 5.07. The molecular weight excluding hydrogens is 368 g/mol. The number of hydrogen-bond donors (Lipinski definition) is 2. The predicted molar refractivity (Wildman–Crippen MR) is 108 cm³/mol. The molecule has 0 saturated carbocycles. The Balaban J connectivity index is 0.000000170. The minimum atomic E-state index is -0.323. The fourth-order valence-corrected chi connectivity index (χ4v) is 3.50. The first-order valence-corrected chi connectivity index (χ1v) is 9.52. The van der Waals surface area contributed by atoms with Crippen LogP contribution in [0.4, 0.5) is 0 Å². The van der Waals surface area contributed by atoms with Gasteiger partial charge in [0.1, 0.15) is 0 Å². The van der Waals surface area contributed by atoms with E-state index >= 15 is 0 Å². The van der Waals surface area contributed by atoms with Crippen LogP contribution in [0.25, 0.3) is 0 Å². The topological polar surface area (TPSA) is 106 Å². The van der Waals surface area contributed by atoms with E-state index in [0.29, 0.717) is 46.2 Å². The van der Waals surface area contributed by atoms with Crippen LogP contribution in [0.2, 0.25) is 0 Å². The number of benzene rings is 2. The van der Waals surface area contributed by atoms with E-state index in [0.717, 1.165) is 0 Å². The Morgan fingerprint density at radius 2 is 1.17 bits per heavy atom. The van der Waals surface area contributed by atoms with Gasteiger partial charge in [0, 0.05) is 39.4 Å². The molecule has 3 N–H and O–H groups in total. The first kappa shape index (κ1) is 20.4.